The number of hydrogen-bond acceptors (Lipinski definition) is 5. The predicted octanol–water partition coefficient (Wildman–Crippen LogP) is 5.11. The van der Waals surface area contributed by atoms with E-state index in [1.165, 1.54) is 0 Å². The molecule has 0 aliphatic rings. The fraction of sp³-hybridized carbons (Fsp3) is 0. The highest BCUT2D eigenvalue weighted by Gasteiger charge is 2.12. The van der Waals surface area contributed by atoms with Gasteiger partial charge < -0.3 is 16.2 Å². The molecule has 4 aromatic carbocycles. The third-order valence-corrected chi connectivity index (χ3v) is 4.77. The average molecular weight is 408 g/mol. The van der Waals surface area contributed by atoms with Crippen LogP contribution < -0.4 is 16.2 Å². The van der Waals surface area contributed by atoms with E-state index < -0.39 is 0 Å². The molecule has 4 aromatic rings. The molecule has 5 nitrogen and oxygen atoms in total. The van der Waals surface area contributed by atoms with Crippen LogP contribution in [0.2, 0.25) is 0 Å². The van der Waals surface area contributed by atoms with Crippen LogP contribution in [0.25, 0.3) is 0 Å². The summed E-state index contributed by atoms with van der Waals surface area (Å²) in [4.78, 5) is 25.5. The number of ketones is 2. The van der Waals surface area contributed by atoms with Gasteiger partial charge in [-0.3, -0.25) is 9.59 Å². The lowest BCUT2D eigenvalue weighted by Crippen LogP contribution is -2.02. The molecule has 0 fully saturated rings. The van der Waals surface area contributed by atoms with Crippen LogP contribution in [-0.2, 0) is 0 Å². The largest absolute Gasteiger partial charge is 0.457 e. The summed E-state index contributed by atoms with van der Waals surface area (Å²) in [6.45, 7) is 0. The van der Waals surface area contributed by atoms with Gasteiger partial charge in [0.05, 0.1) is 0 Å². The Balaban J connectivity index is 1.54. The van der Waals surface area contributed by atoms with Crippen molar-refractivity contribution in [3.8, 4) is 11.5 Å². The van der Waals surface area contributed by atoms with Crippen LogP contribution in [0.5, 0.6) is 11.5 Å². The zero-order chi connectivity index (χ0) is 21.8. The van der Waals surface area contributed by atoms with Gasteiger partial charge in [0.15, 0.2) is 11.6 Å². The van der Waals surface area contributed by atoms with Gasteiger partial charge in [-0.05, 0) is 72.8 Å². The number of carbonyl (C=O) groups is 2. The number of ether oxygens (including phenoxy) is 1. The van der Waals surface area contributed by atoms with Gasteiger partial charge >= 0.3 is 0 Å². The van der Waals surface area contributed by atoms with Crippen molar-refractivity contribution in [2.45, 2.75) is 0 Å². The zero-order valence-electron chi connectivity index (χ0n) is 16.6. The molecular formula is C26H20N2O3. The van der Waals surface area contributed by atoms with Crippen molar-refractivity contribution in [3.63, 3.8) is 0 Å². The average Bonchev–Trinajstić information content (AvgIpc) is 2.79. The van der Waals surface area contributed by atoms with E-state index in [-0.39, 0.29) is 11.6 Å². The van der Waals surface area contributed by atoms with E-state index in [1.807, 2.05) is 0 Å². The van der Waals surface area contributed by atoms with Gasteiger partial charge in [0.1, 0.15) is 11.5 Å². The Bertz CT molecular complexity index is 1150. The van der Waals surface area contributed by atoms with Crippen molar-refractivity contribution in [1.29, 1.82) is 0 Å². The Morgan fingerprint density at radius 3 is 1.29 bits per heavy atom. The lowest BCUT2D eigenvalue weighted by atomic mass is 10.0. The highest BCUT2D eigenvalue weighted by Crippen LogP contribution is 2.25. The van der Waals surface area contributed by atoms with Gasteiger partial charge in [-0.1, -0.05) is 24.3 Å². The lowest BCUT2D eigenvalue weighted by molar-refractivity contribution is 0.103. The molecule has 0 radical (unpaired) electrons. The van der Waals surface area contributed by atoms with Crippen molar-refractivity contribution in [2.75, 3.05) is 11.5 Å². The molecule has 0 heterocycles. The van der Waals surface area contributed by atoms with E-state index in [0.29, 0.717) is 45.1 Å². The van der Waals surface area contributed by atoms with Gasteiger partial charge in [0.2, 0.25) is 0 Å². The quantitative estimate of drug-likeness (QED) is 0.342. The van der Waals surface area contributed by atoms with Gasteiger partial charge in [-0.15, -0.1) is 0 Å². The molecule has 4 rings (SSSR count). The summed E-state index contributed by atoms with van der Waals surface area (Å²) in [6.07, 6.45) is 0. The summed E-state index contributed by atoms with van der Waals surface area (Å²) in [7, 11) is 0. The Labute approximate surface area is 179 Å². The molecule has 0 atom stereocenters. The molecule has 5 heteroatoms. The minimum absolute atomic E-state index is 0.127. The third-order valence-electron chi connectivity index (χ3n) is 4.77. The Morgan fingerprint density at radius 1 is 0.516 bits per heavy atom. The number of nitrogens with two attached hydrogens (primary N) is 2. The van der Waals surface area contributed by atoms with E-state index >= 15 is 0 Å². The molecule has 0 aliphatic heterocycles. The summed E-state index contributed by atoms with van der Waals surface area (Å²) in [5, 5.41) is 0. The summed E-state index contributed by atoms with van der Waals surface area (Å²) in [5.41, 5.74) is 14.7. The minimum atomic E-state index is -0.127. The van der Waals surface area contributed by atoms with Crippen LogP contribution in [0.1, 0.15) is 31.8 Å². The van der Waals surface area contributed by atoms with E-state index in [2.05, 4.69) is 0 Å². The molecule has 0 aromatic heterocycles. The van der Waals surface area contributed by atoms with Gasteiger partial charge in [0.25, 0.3) is 0 Å². The first-order chi connectivity index (χ1) is 15.0. The summed E-state index contributed by atoms with van der Waals surface area (Å²) in [6, 6.07) is 27.4. The lowest BCUT2D eigenvalue weighted by Gasteiger charge is -2.09. The third kappa shape index (κ3) is 4.62. The molecule has 0 saturated carbocycles. The van der Waals surface area contributed by atoms with E-state index in [0.717, 1.165) is 0 Å². The molecule has 0 aliphatic carbocycles. The summed E-state index contributed by atoms with van der Waals surface area (Å²) < 4.78 is 5.93. The summed E-state index contributed by atoms with van der Waals surface area (Å²) in [5.74, 6) is 0.743. The van der Waals surface area contributed by atoms with E-state index in [9.17, 15) is 9.59 Å². The molecule has 0 saturated heterocycles. The van der Waals surface area contributed by atoms with Crippen LogP contribution in [0.15, 0.2) is 97.1 Å². The number of hydrogen-bond donors (Lipinski definition) is 2. The highest BCUT2D eigenvalue weighted by atomic mass is 16.5. The van der Waals surface area contributed by atoms with E-state index in [4.69, 9.17) is 16.2 Å². The van der Waals surface area contributed by atoms with Crippen molar-refractivity contribution in [2.24, 2.45) is 0 Å². The Hall–Kier alpha value is -4.38. The van der Waals surface area contributed by atoms with Crippen molar-refractivity contribution < 1.29 is 14.3 Å². The molecule has 0 spiro atoms. The maximum Gasteiger partial charge on any atom is 0.193 e. The zero-order valence-corrected chi connectivity index (χ0v) is 16.6. The van der Waals surface area contributed by atoms with Crippen LogP contribution >= 0.6 is 0 Å². The SMILES string of the molecule is Nc1ccc(C(=O)c2cccc(Oc3cccc(C(=O)c4ccc(N)cc4)c3)c2)cc1. The van der Waals surface area contributed by atoms with Gasteiger partial charge in [-0.2, -0.15) is 0 Å². The monoisotopic (exact) mass is 408 g/mol. The van der Waals surface area contributed by atoms with E-state index in [1.54, 1.807) is 97.1 Å². The van der Waals surface area contributed by atoms with Crippen molar-refractivity contribution in [3.05, 3.63) is 119 Å². The topological polar surface area (TPSA) is 95.4 Å². The van der Waals surface area contributed by atoms with Crippen LogP contribution in [0.4, 0.5) is 11.4 Å². The second kappa shape index (κ2) is 8.55. The second-order valence-electron chi connectivity index (χ2n) is 7.06. The first-order valence-corrected chi connectivity index (χ1v) is 9.68. The van der Waals surface area contributed by atoms with Crippen molar-refractivity contribution in [1.82, 2.24) is 0 Å². The number of anilines is 2. The van der Waals surface area contributed by atoms with Gasteiger partial charge in [-0.25, -0.2) is 0 Å². The number of benzene rings is 4. The first-order valence-electron chi connectivity index (χ1n) is 9.68. The number of carbonyl (C=O) groups excluding carboxylic acids is 2. The molecule has 0 unspecified atom stereocenters. The van der Waals surface area contributed by atoms with Crippen LogP contribution in [0.3, 0.4) is 0 Å². The highest BCUT2D eigenvalue weighted by molar-refractivity contribution is 6.10. The molecule has 0 amide bonds. The fourth-order valence-electron chi connectivity index (χ4n) is 3.14. The smallest absolute Gasteiger partial charge is 0.193 e. The first kappa shape index (κ1) is 19.9. The molecule has 0 bridgehead atoms. The summed E-state index contributed by atoms with van der Waals surface area (Å²) >= 11 is 0. The maximum atomic E-state index is 12.7. The molecule has 152 valence electrons. The standard InChI is InChI=1S/C26H20N2O3/c27-21-11-7-17(8-12-21)25(29)19-3-1-5-23(15-19)31-24-6-2-4-20(16-24)26(30)18-9-13-22(28)14-10-18/h1-16H,27-28H2. The van der Waals surface area contributed by atoms with Crippen LogP contribution in [-0.4, -0.2) is 11.6 Å². The van der Waals surface area contributed by atoms with Crippen LogP contribution in [0, 0.1) is 0 Å². The van der Waals surface area contributed by atoms with Gasteiger partial charge in [0, 0.05) is 33.6 Å². The maximum absolute atomic E-state index is 12.7. The Kier molecular flexibility index (Phi) is 5.49. The predicted molar refractivity (Wildman–Crippen MR) is 122 cm³/mol. The Morgan fingerprint density at radius 2 is 0.903 bits per heavy atom. The number of nitrogen functional groups attached to an aromatic ring is 2. The normalized spacial score (nSPS) is 10.5. The minimum Gasteiger partial charge on any atom is -0.457 e. The second-order valence-corrected chi connectivity index (χ2v) is 7.06. The fourth-order valence-corrected chi connectivity index (χ4v) is 3.14. The van der Waals surface area contributed by atoms with Crippen molar-refractivity contribution >= 4 is 22.9 Å². The number of rotatable bonds is 6. The molecule has 31 heavy (non-hydrogen) atoms. The molecule has 4 N–H and O–H groups in total. The molecular weight excluding hydrogens is 388 g/mol.